The number of anilines is 2. The minimum absolute atomic E-state index is 0.227. The second-order valence-corrected chi connectivity index (χ2v) is 2.43. The van der Waals surface area contributed by atoms with Crippen LogP contribution in [0.25, 0.3) is 0 Å². The third-order valence-corrected chi connectivity index (χ3v) is 1.45. The van der Waals surface area contributed by atoms with Gasteiger partial charge in [0.1, 0.15) is 5.82 Å². The fourth-order valence-corrected chi connectivity index (χ4v) is 0.855. The minimum atomic E-state index is 0.227. The monoisotopic (exact) mass is 183 g/mol. The van der Waals surface area contributed by atoms with Crippen LogP contribution in [-0.2, 0) is 11.2 Å². The molecule has 0 fully saturated rings. The average Bonchev–Trinajstić information content (AvgIpc) is 2.14. The molecule has 0 aromatic carbocycles. The van der Waals surface area contributed by atoms with Crippen LogP contribution in [0, 0.1) is 0 Å². The maximum atomic E-state index is 5.46. The van der Waals surface area contributed by atoms with E-state index in [9.17, 15) is 0 Å². The van der Waals surface area contributed by atoms with Crippen molar-refractivity contribution in [3.05, 3.63) is 5.82 Å². The molecule has 13 heavy (non-hydrogen) atoms. The maximum Gasteiger partial charge on any atom is 0.227 e. The first-order valence-electron chi connectivity index (χ1n) is 3.93. The van der Waals surface area contributed by atoms with Gasteiger partial charge in [0.05, 0.1) is 6.61 Å². The Morgan fingerprint density at radius 1 is 1.38 bits per heavy atom. The number of methoxy groups -OCH3 is 1. The smallest absolute Gasteiger partial charge is 0.227 e. The minimum Gasteiger partial charge on any atom is -0.384 e. The van der Waals surface area contributed by atoms with Gasteiger partial charge >= 0.3 is 0 Å². The Morgan fingerprint density at radius 3 is 2.77 bits per heavy atom. The van der Waals surface area contributed by atoms with Crippen LogP contribution in [0.4, 0.5) is 11.9 Å². The van der Waals surface area contributed by atoms with Gasteiger partial charge in [-0.05, 0) is 0 Å². The lowest BCUT2D eigenvalue weighted by molar-refractivity contribution is 0.200. The van der Waals surface area contributed by atoms with Crippen LogP contribution in [0.15, 0.2) is 0 Å². The van der Waals surface area contributed by atoms with Gasteiger partial charge in [-0.1, -0.05) is 0 Å². The number of rotatable bonds is 4. The number of hydrogen-bond donors (Lipinski definition) is 2. The Morgan fingerprint density at radius 2 is 2.15 bits per heavy atom. The topological polar surface area (TPSA) is 86.0 Å². The van der Waals surface area contributed by atoms with Crippen LogP contribution in [0.1, 0.15) is 5.82 Å². The van der Waals surface area contributed by atoms with Crippen LogP contribution < -0.4 is 11.1 Å². The summed E-state index contributed by atoms with van der Waals surface area (Å²) in [7, 11) is 3.36. The molecule has 0 amide bonds. The van der Waals surface area contributed by atoms with Crippen molar-refractivity contribution in [3.8, 4) is 0 Å². The number of nitrogen functional groups attached to an aromatic ring is 1. The number of hydrogen-bond acceptors (Lipinski definition) is 6. The molecule has 0 aliphatic heterocycles. The van der Waals surface area contributed by atoms with Crippen molar-refractivity contribution in [2.24, 2.45) is 0 Å². The van der Waals surface area contributed by atoms with Gasteiger partial charge in [0.15, 0.2) is 0 Å². The van der Waals surface area contributed by atoms with E-state index in [2.05, 4.69) is 20.3 Å². The zero-order chi connectivity index (χ0) is 9.68. The van der Waals surface area contributed by atoms with Gasteiger partial charge in [-0.15, -0.1) is 0 Å². The zero-order valence-electron chi connectivity index (χ0n) is 7.74. The summed E-state index contributed by atoms with van der Waals surface area (Å²) >= 11 is 0. The number of aromatic nitrogens is 3. The summed E-state index contributed by atoms with van der Waals surface area (Å²) in [5, 5.41) is 2.80. The van der Waals surface area contributed by atoms with Gasteiger partial charge in [0.2, 0.25) is 11.9 Å². The van der Waals surface area contributed by atoms with Gasteiger partial charge in [-0.25, -0.2) is 0 Å². The first-order chi connectivity index (χ1) is 6.26. The van der Waals surface area contributed by atoms with Crippen LogP contribution >= 0.6 is 0 Å². The standard InChI is InChI=1S/C7H13N5O/c1-9-7-11-5(3-4-13-2)10-6(8)12-7/h3-4H2,1-2H3,(H3,8,9,10,11,12). The van der Waals surface area contributed by atoms with E-state index in [-0.39, 0.29) is 5.95 Å². The average molecular weight is 183 g/mol. The summed E-state index contributed by atoms with van der Waals surface area (Å²) in [4.78, 5) is 11.9. The SMILES string of the molecule is CNc1nc(N)nc(CCOC)n1. The molecule has 3 N–H and O–H groups in total. The van der Waals surface area contributed by atoms with Crippen molar-refractivity contribution >= 4 is 11.9 Å². The van der Waals surface area contributed by atoms with Crippen molar-refractivity contribution in [1.29, 1.82) is 0 Å². The highest BCUT2D eigenvalue weighted by Gasteiger charge is 2.01. The molecule has 0 atom stereocenters. The molecule has 72 valence electrons. The normalized spacial score (nSPS) is 10.0. The first-order valence-corrected chi connectivity index (χ1v) is 3.93. The molecule has 0 aliphatic rings. The molecule has 0 saturated carbocycles. The van der Waals surface area contributed by atoms with Gasteiger partial charge in [-0.3, -0.25) is 0 Å². The molecule has 0 aliphatic carbocycles. The van der Waals surface area contributed by atoms with Crippen LogP contribution in [-0.4, -0.2) is 35.7 Å². The second kappa shape index (κ2) is 4.56. The van der Waals surface area contributed by atoms with E-state index < -0.39 is 0 Å². The lowest BCUT2D eigenvalue weighted by Crippen LogP contribution is -2.08. The van der Waals surface area contributed by atoms with E-state index in [4.69, 9.17) is 10.5 Å². The summed E-state index contributed by atoms with van der Waals surface area (Å²) in [5.74, 6) is 1.35. The van der Waals surface area contributed by atoms with Crippen LogP contribution in [0.2, 0.25) is 0 Å². The molecule has 0 spiro atoms. The molecule has 6 nitrogen and oxygen atoms in total. The largest absolute Gasteiger partial charge is 0.384 e. The van der Waals surface area contributed by atoms with E-state index in [1.807, 2.05) is 0 Å². The van der Waals surface area contributed by atoms with Crippen molar-refractivity contribution in [1.82, 2.24) is 15.0 Å². The Kier molecular flexibility index (Phi) is 3.39. The number of nitrogens with one attached hydrogen (secondary N) is 1. The van der Waals surface area contributed by atoms with E-state index in [1.54, 1.807) is 14.2 Å². The van der Waals surface area contributed by atoms with Gasteiger partial charge < -0.3 is 15.8 Å². The number of nitrogens with zero attached hydrogens (tertiary/aromatic N) is 3. The summed E-state index contributed by atoms with van der Waals surface area (Å²) in [6.45, 7) is 0.576. The zero-order valence-corrected chi connectivity index (χ0v) is 7.74. The third kappa shape index (κ3) is 2.83. The van der Waals surface area contributed by atoms with Crippen LogP contribution in [0.5, 0.6) is 0 Å². The molecule has 1 heterocycles. The number of ether oxygens (including phenoxy) is 1. The highest BCUT2D eigenvalue weighted by Crippen LogP contribution is 2.01. The Hall–Kier alpha value is -1.43. The summed E-state index contributed by atoms with van der Waals surface area (Å²) in [6, 6.07) is 0. The lowest BCUT2D eigenvalue weighted by Gasteiger charge is -2.02. The molecular formula is C7H13N5O. The molecular weight excluding hydrogens is 170 g/mol. The highest BCUT2D eigenvalue weighted by molar-refractivity contribution is 5.29. The summed E-state index contributed by atoms with van der Waals surface area (Å²) in [5.41, 5.74) is 5.46. The lowest BCUT2D eigenvalue weighted by atomic mass is 10.4. The fourth-order valence-electron chi connectivity index (χ4n) is 0.855. The molecule has 1 aromatic rings. The van der Waals surface area contributed by atoms with Crippen molar-refractivity contribution < 1.29 is 4.74 Å². The van der Waals surface area contributed by atoms with Crippen molar-refractivity contribution in [2.75, 3.05) is 31.8 Å². The third-order valence-electron chi connectivity index (χ3n) is 1.45. The Labute approximate surface area is 76.6 Å². The molecule has 0 radical (unpaired) electrons. The summed E-state index contributed by atoms with van der Waals surface area (Å²) < 4.78 is 4.90. The quantitative estimate of drug-likeness (QED) is 0.665. The van der Waals surface area contributed by atoms with Gasteiger partial charge in [0.25, 0.3) is 0 Å². The highest BCUT2D eigenvalue weighted by atomic mass is 16.5. The van der Waals surface area contributed by atoms with Gasteiger partial charge in [0, 0.05) is 20.6 Å². The molecule has 6 heteroatoms. The first kappa shape index (κ1) is 9.66. The van der Waals surface area contributed by atoms with Crippen molar-refractivity contribution in [3.63, 3.8) is 0 Å². The predicted octanol–water partition coefficient (Wildman–Crippen LogP) is -0.316. The molecule has 0 unspecified atom stereocenters. The predicted molar refractivity (Wildman–Crippen MR) is 49.4 cm³/mol. The molecule has 1 rings (SSSR count). The molecule has 0 bridgehead atoms. The fraction of sp³-hybridized carbons (Fsp3) is 0.571. The maximum absolute atomic E-state index is 5.46. The van der Waals surface area contributed by atoms with E-state index in [1.165, 1.54) is 0 Å². The second-order valence-electron chi connectivity index (χ2n) is 2.43. The van der Waals surface area contributed by atoms with E-state index >= 15 is 0 Å². The Bertz CT molecular complexity index is 278. The van der Waals surface area contributed by atoms with Gasteiger partial charge in [-0.2, -0.15) is 15.0 Å². The molecule has 0 saturated heterocycles. The summed E-state index contributed by atoms with van der Waals surface area (Å²) in [6.07, 6.45) is 0.637. The Balaban J connectivity index is 2.76. The van der Waals surface area contributed by atoms with E-state index in [0.29, 0.717) is 24.8 Å². The number of nitrogens with two attached hydrogens (primary N) is 1. The van der Waals surface area contributed by atoms with E-state index in [0.717, 1.165) is 0 Å². The van der Waals surface area contributed by atoms with Crippen LogP contribution in [0.3, 0.4) is 0 Å². The molecule has 1 aromatic heterocycles. The van der Waals surface area contributed by atoms with Crippen molar-refractivity contribution in [2.45, 2.75) is 6.42 Å².